The standard InChI is InChI=1S/C34H43FO3/c1-3-5-23-7-9-25(10-8-23)22-37-30-20-19-29-21-31(38-34(36)32(29)33(30)35)28-17-15-27(16-18-28)26-13-11-24(6-4-2)12-14-26/h15-21,23-26H,3-14,22H2,1-2H3. The maximum Gasteiger partial charge on any atom is 0.347 e. The summed E-state index contributed by atoms with van der Waals surface area (Å²) in [6.07, 6.45) is 15.0. The molecule has 0 atom stereocenters. The van der Waals surface area contributed by atoms with Gasteiger partial charge in [0.2, 0.25) is 0 Å². The van der Waals surface area contributed by atoms with Crippen LogP contribution in [0.4, 0.5) is 4.39 Å². The van der Waals surface area contributed by atoms with Gasteiger partial charge in [-0.1, -0.05) is 82.7 Å². The summed E-state index contributed by atoms with van der Waals surface area (Å²) >= 11 is 0. The average molecular weight is 519 g/mol. The van der Waals surface area contributed by atoms with Crippen molar-refractivity contribution in [3.63, 3.8) is 0 Å². The third kappa shape index (κ3) is 6.16. The molecule has 204 valence electrons. The summed E-state index contributed by atoms with van der Waals surface area (Å²) in [5.41, 5.74) is 1.55. The highest BCUT2D eigenvalue weighted by atomic mass is 19.1. The van der Waals surface area contributed by atoms with Gasteiger partial charge >= 0.3 is 5.63 Å². The first kappa shape index (κ1) is 27.0. The third-order valence-electron chi connectivity index (χ3n) is 9.18. The average Bonchev–Trinajstić information content (AvgIpc) is 2.94. The number of hydrogen-bond acceptors (Lipinski definition) is 3. The van der Waals surface area contributed by atoms with Crippen LogP contribution in [-0.2, 0) is 0 Å². The molecule has 0 unspecified atom stereocenters. The number of halogens is 1. The predicted molar refractivity (Wildman–Crippen MR) is 153 cm³/mol. The first-order chi connectivity index (χ1) is 18.6. The first-order valence-corrected chi connectivity index (χ1v) is 15.0. The van der Waals surface area contributed by atoms with Gasteiger partial charge in [-0.05, 0) is 85.3 Å². The van der Waals surface area contributed by atoms with Crippen LogP contribution in [-0.4, -0.2) is 6.61 Å². The van der Waals surface area contributed by atoms with Gasteiger partial charge in [0.1, 0.15) is 11.1 Å². The second-order valence-electron chi connectivity index (χ2n) is 11.9. The maximum absolute atomic E-state index is 15.3. The zero-order chi connectivity index (χ0) is 26.5. The third-order valence-corrected chi connectivity index (χ3v) is 9.18. The van der Waals surface area contributed by atoms with Gasteiger partial charge < -0.3 is 9.15 Å². The van der Waals surface area contributed by atoms with Crippen LogP contribution in [0.25, 0.3) is 22.1 Å². The molecule has 3 nitrogen and oxygen atoms in total. The predicted octanol–water partition coefficient (Wildman–Crippen LogP) is 9.66. The van der Waals surface area contributed by atoms with Gasteiger partial charge in [-0.15, -0.1) is 0 Å². The zero-order valence-corrected chi connectivity index (χ0v) is 23.1. The highest BCUT2D eigenvalue weighted by Crippen LogP contribution is 2.38. The summed E-state index contributed by atoms with van der Waals surface area (Å²) in [5.74, 6) is 2.78. The number of hydrogen-bond donors (Lipinski definition) is 0. The number of ether oxygens (including phenoxy) is 1. The molecule has 38 heavy (non-hydrogen) atoms. The van der Waals surface area contributed by atoms with Crippen molar-refractivity contribution in [2.45, 2.75) is 96.8 Å². The Kier molecular flexibility index (Phi) is 8.86. The SMILES string of the molecule is CCCC1CCC(COc2ccc3cc(-c4ccc(C5CCC(CCC)CC5)cc4)oc(=O)c3c2F)CC1. The Morgan fingerprint density at radius 1 is 0.816 bits per heavy atom. The van der Waals surface area contributed by atoms with Gasteiger partial charge in [-0.2, -0.15) is 0 Å². The van der Waals surface area contributed by atoms with Crippen LogP contribution < -0.4 is 10.4 Å². The van der Waals surface area contributed by atoms with Crippen LogP contribution in [0, 0.1) is 23.6 Å². The van der Waals surface area contributed by atoms with E-state index < -0.39 is 11.4 Å². The van der Waals surface area contributed by atoms with E-state index in [1.807, 2.05) is 12.1 Å². The van der Waals surface area contributed by atoms with Crippen LogP contribution in [0.5, 0.6) is 5.75 Å². The van der Waals surface area contributed by atoms with Crippen molar-refractivity contribution in [2.24, 2.45) is 17.8 Å². The molecule has 0 amide bonds. The molecule has 2 aromatic carbocycles. The highest BCUT2D eigenvalue weighted by molar-refractivity contribution is 5.86. The molecule has 0 aliphatic heterocycles. The molecule has 0 spiro atoms. The lowest BCUT2D eigenvalue weighted by molar-refractivity contribution is 0.175. The zero-order valence-electron chi connectivity index (χ0n) is 23.1. The van der Waals surface area contributed by atoms with E-state index in [1.54, 1.807) is 18.2 Å². The maximum atomic E-state index is 15.3. The minimum Gasteiger partial charge on any atom is -0.490 e. The topological polar surface area (TPSA) is 39.4 Å². The van der Waals surface area contributed by atoms with Crippen molar-refractivity contribution in [3.05, 3.63) is 64.3 Å². The van der Waals surface area contributed by atoms with Crippen molar-refractivity contribution in [3.8, 4) is 17.1 Å². The Hall–Kier alpha value is -2.62. The molecule has 4 heteroatoms. The van der Waals surface area contributed by atoms with E-state index in [0.717, 1.165) is 30.2 Å². The molecule has 0 bridgehead atoms. The van der Waals surface area contributed by atoms with Crippen molar-refractivity contribution in [2.75, 3.05) is 6.61 Å². The van der Waals surface area contributed by atoms with Crippen molar-refractivity contribution < 1.29 is 13.5 Å². The summed E-state index contributed by atoms with van der Waals surface area (Å²) in [4.78, 5) is 12.9. The number of rotatable bonds is 9. The Bertz CT molecular complexity index is 1250. The second kappa shape index (κ2) is 12.5. The molecule has 2 aliphatic rings. The van der Waals surface area contributed by atoms with E-state index in [4.69, 9.17) is 9.15 Å². The normalized spacial score (nSPS) is 24.0. The summed E-state index contributed by atoms with van der Waals surface area (Å²) in [7, 11) is 0. The van der Waals surface area contributed by atoms with E-state index in [1.165, 1.54) is 69.8 Å². The lowest BCUT2D eigenvalue weighted by atomic mass is 9.77. The summed E-state index contributed by atoms with van der Waals surface area (Å²) in [5, 5.41) is 0.512. The first-order valence-electron chi connectivity index (χ1n) is 15.0. The molecule has 1 aromatic heterocycles. The fourth-order valence-electron chi connectivity index (χ4n) is 6.89. The Labute approximate surface area is 226 Å². The van der Waals surface area contributed by atoms with Crippen LogP contribution >= 0.6 is 0 Å². The molecular formula is C34H43FO3. The fraction of sp³-hybridized carbons (Fsp3) is 0.559. The van der Waals surface area contributed by atoms with Crippen molar-refractivity contribution in [1.29, 1.82) is 0 Å². The van der Waals surface area contributed by atoms with Gasteiger partial charge in [0.15, 0.2) is 11.6 Å². The minimum atomic E-state index is -0.654. The van der Waals surface area contributed by atoms with Crippen LogP contribution in [0.15, 0.2) is 51.7 Å². The molecule has 2 fully saturated rings. The van der Waals surface area contributed by atoms with Gasteiger partial charge in [0.05, 0.1) is 6.61 Å². The highest BCUT2D eigenvalue weighted by Gasteiger charge is 2.23. The molecular weight excluding hydrogens is 475 g/mol. The summed E-state index contributed by atoms with van der Waals surface area (Å²) in [6.45, 7) is 5.02. The Morgan fingerprint density at radius 2 is 1.42 bits per heavy atom. The van der Waals surface area contributed by atoms with Gasteiger partial charge in [-0.3, -0.25) is 0 Å². The molecule has 0 N–H and O–H groups in total. The summed E-state index contributed by atoms with van der Waals surface area (Å²) < 4.78 is 26.8. The second-order valence-corrected chi connectivity index (χ2v) is 11.9. The quantitative estimate of drug-likeness (QED) is 0.283. The van der Waals surface area contributed by atoms with Crippen LogP contribution in [0.1, 0.15) is 102 Å². The lowest BCUT2D eigenvalue weighted by Gasteiger charge is -2.28. The molecule has 5 rings (SSSR count). The van der Waals surface area contributed by atoms with Crippen molar-refractivity contribution in [1.82, 2.24) is 0 Å². The molecule has 2 aliphatic carbocycles. The van der Waals surface area contributed by atoms with Gasteiger partial charge in [-0.25, -0.2) is 9.18 Å². The van der Waals surface area contributed by atoms with Crippen LogP contribution in [0.3, 0.4) is 0 Å². The monoisotopic (exact) mass is 518 g/mol. The molecule has 3 aromatic rings. The molecule has 0 saturated heterocycles. The number of benzene rings is 2. The fourth-order valence-corrected chi connectivity index (χ4v) is 6.89. The van der Waals surface area contributed by atoms with E-state index in [2.05, 4.69) is 26.0 Å². The Morgan fingerprint density at radius 3 is 2.05 bits per heavy atom. The van der Waals surface area contributed by atoms with Gasteiger partial charge in [0.25, 0.3) is 0 Å². The largest absolute Gasteiger partial charge is 0.490 e. The minimum absolute atomic E-state index is 0.0293. The Balaban J connectivity index is 1.26. The van der Waals surface area contributed by atoms with E-state index in [-0.39, 0.29) is 11.1 Å². The number of fused-ring (bicyclic) bond motifs is 1. The van der Waals surface area contributed by atoms with Crippen LogP contribution in [0.2, 0.25) is 0 Å². The van der Waals surface area contributed by atoms with E-state index in [0.29, 0.717) is 29.6 Å². The van der Waals surface area contributed by atoms with E-state index in [9.17, 15) is 4.79 Å². The summed E-state index contributed by atoms with van der Waals surface area (Å²) in [6, 6.07) is 13.6. The molecule has 0 radical (unpaired) electrons. The van der Waals surface area contributed by atoms with E-state index >= 15 is 4.39 Å². The van der Waals surface area contributed by atoms with Crippen molar-refractivity contribution >= 4 is 10.8 Å². The smallest absolute Gasteiger partial charge is 0.347 e. The van der Waals surface area contributed by atoms with Gasteiger partial charge in [0, 0.05) is 5.56 Å². The lowest BCUT2D eigenvalue weighted by Crippen LogP contribution is -2.20. The molecule has 1 heterocycles. The molecule has 2 saturated carbocycles.